The van der Waals surface area contributed by atoms with Crippen LogP contribution in [0.25, 0.3) is 0 Å². The summed E-state index contributed by atoms with van der Waals surface area (Å²) in [6.07, 6.45) is 0.844. The summed E-state index contributed by atoms with van der Waals surface area (Å²) in [7, 11) is 0. The largest absolute Gasteiger partial charge is 0.489 e. The first-order valence-electron chi connectivity index (χ1n) is 6.20. The van der Waals surface area contributed by atoms with Crippen molar-refractivity contribution in [3.8, 4) is 5.75 Å². The Kier molecular flexibility index (Phi) is 5.42. The Morgan fingerprint density at radius 1 is 1.24 bits per heavy atom. The Bertz CT molecular complexity index is 352. The van der Waals surface area contributed by atoms with E-state index in [-0.39, 0.29) is 11.9 Å². The summed E-state index contributed by atoms with van der Waals surface area (Å²) in [5.74, 6) is 0.378. The van der Waals surface area contributed by atoms with Gasteiger partial charge in [-0.1, -0.05) is 20.8 Å². The molecule has 1 aromatic carbocycles. The van der Waals surface area contributed by atoms with E-state index in [1.54, 1.807) is 6.07 Å². The summed E-state index contributed by atoms with van der Waals surface area (Å²) in [6.45, 7) is 8.91. The highest BCUT2D eigenvalue weighted by Crippen LogP contribution is 2.18. The lowest BCUT2D eigenvalue weighted by molar-refractivity contribution is 0.212. The Morgan fingerprint density at radius 3 is 2.53 bits per heavy atom. The zero-order valence-corrected chi connectivity index (χ0v) is 11.1. The highest BCUT2D eigenvalue weighted by Gasteiger charge is 2.06. The fraction of sp³-hybridized carbons (Fsp3) is 0.571. The van der Waals surface area contributed by atoms with E-state index >= 15 is 0 Å². The van der Waals surface area contributed by atoms with Gasteiger partial charge in [0.05, 0.1) is 0 Å². The van der Waals surface area contributed by atoms with Gasteiger partial charge < -0.3 is 10.1 Å². The molecule has 0 spiro atoms. The molecule has 1 atom stereocenters. The van der Waals surface area contributed by atoms with Crippen molar-refractivity contribution in [2.24, 2.45) is 0 Å². The molecule has 0 aliphatic carbocycles. The van der Waals surface area contributed by atoms with Gasteiger partial charge in [0.15, 0.2) is 0 Å². The van der Waals surface area contributed by atoms with Gasteiger partial charge in [-0.15, -0.1) is 0 Å². The molecule has 0 aromatic heterocycles. The first-order chi connectivity index (χ1) is 8.01. The zero-order valence-electron chi connectivity index (χ0n) is 11.1. The maximum absolute atomic E-state index is 13.3. The molecule has 1 rings (SSSR count). The summed E-state index contributed by atoms with van der Waals surface area (Å²) in [5.41, 5.74) is 0.962. The lowest BCUT2D eigenvalue weighted by Gasteiger charge is -2.17. The average molecular weight is 239 g/mol. The highest BCUT2D eigenvalue weighted by molar-refractivity contribution is 5.29. The molecular formula is C14H22FNO. The van der Waals surface area contributed by atoms with E-state index in [1.165, 1.54) is 6.07 Å². The molecule has 1 N–H and O–H groups in total. The third-order valence-corrected chi connectivity index (χ3v) is 2.49. The molecule has 0 fully saturated rings. The van der Waals surface area contributed by atoms with Crippen LogP contribution in [0, 0.1) is 5.82 Å². The second kappa shape index (κ2) is 6.60. The third kappa shape index (κ3) is 5.18. The molecule has 1 aromatic rings. The van der Waals surface area contributed by atoms with Gasteiger partial charge in [0.1, 0.15) is 17.7 Å². The van der Waals surface area contributed by atoms with Gasteiger partial charge in [0, 0.05) is 18.7 Å². The van der Waals surface area contributed by atoms with Gasteiger partial charge in [-0.3, -0.25) is 0 Å². The zero-order chi connectivity index (χ0) is 12.8. The lowest BCUT2D eigenvalue weighted by atomic mass is 10.1. The molecule has 0 amide bonds. The molecule has 3 heteroatoms. The van der Waals surface area contributed by atoms with Crippen molar-refractivity contribution in [1.29, 1.82) is 0 Å². The van der Waals surface area contributed by atoms with Gasteiger partial charge in [0.25, 0.3) is 0 Å². The highest BCUT2D eigenvalue weighted by atomic mass is 19.1. The summed E-state index contributed by atoms with van der Waals surface area (Å²) in [6, 6.07) is 5.31. The molecule has 0 aliphatic rings. The van der Waals surface area contributed by atoms with Crippen LogP contribution in [-0.4, -0.2) is 18.7 Å². The predicted molar refractivity (Wildman–Crippen MR) is 69.0 cm³/mol. The van der Waals surface area contributed by atoms with Crippen LogP contribution in [0.5, 0.6) is 5.75 Å². The summed E-state index contributed by atoms with van der Waals surface area (Å²) in [5, 5.41) is 3.29. The van der Waals surface area contributed by atoms with Crippen LogP contribution in [0.1, 0.15) is 33.3 Å². The van der Waals surface area contributed by atoms with Crippen molar-refractivity contribution in [2.45, 2.75) is 46.3 Å². The van der Waals surface area contributed by atoms with E-state index in [2.05, 4.69) is 19.2 Å². The van der Waals surface area contributed by atoms with Crippen molar-refractivity contribution in [2.75, 3.05) is 6.54 Å². The van der Waals surface area contributed by atoms with Crippen LogP contribution in [0.3, 0.4) is 0 Å². The normalized spacial score (nSPS) is 12.8. The van der Waals surface area contributed by atoms with Gasteiger partial charge in [-0.2, -0.15) is 0 Å². The number of aryl methyl sites for hydroxylation is 1. The van der Waals surface area contributed by atoms with E-state index in [0.29, 0.717) is 11.8 Å². The van der Waals surface area contributed by atoms with Crippen LogP contribution in [0.4, 0.5) is 4.39 Å². The SMILES string of the molecule is CCc1cc(F)cc(O[C@@H](C)CNC(C)C)c1. The first kappa shape index (κ1) is 14.0. The fourth-order valence-corrected chi connectivity index (χ4v) is 1.57. The third-order valence-electron chi connectivity index (χ3n) is 2.49. The Hall–Kier alpha value is -1.09. The van der Waals surface area contributed by atoms with Gasteiger partial charge in [-0.05, 0) is 31.0 Å². The summed E-state index contributed by atoms with van der Waals surface area (Å²) < 4.78 is 19.0. The summed E-state index contributed by atoms with van der Waals surface area (Å²) in [4.78, 5) is 0. The van der Waals surface area contributed by atoms with E-state index in [1.807, 2.05) is 19.9 Å². The molecule has 2 nitrogen and oxygen atoms in total. The number of rotatable bonds is 6. The van der Waals surface area contributed by atoms with E-state index in [0.717, 1.165) is 18.5 Å². The molecule has 0 radical (unpaired) electrons. The monoisotopic (exact) mass is 239 g/mol. The Labute approximate surface area is 103 Å². The second-order valence-electron chi connectivity index (χ2n) is 4.64. The Balaban J connectivity index is 2.58. The van der Waals surface area contributed by atoms with Crippen molar-refractivity contribution in [3.05, 3.63) is 29.6 Å². The molecule has 0 heterocycles. The topological polar surface area (TPSA) is 21.3 Å². The maximum Gasteiger partial charge on any atom is 0.127 e. The van der Waals surface area contributed by atoms with Crippen molar-refractivity contribution < 1.29 is 9.13 Å². The van der Waals surface area contributed by atoms with Crippen molar-refractivity contribution in [3.63, 3.8) is 0 Å². The molecule has 0 unspecified atom stereocenters. The van der Waals surface area contributed by atoms with E-state index in [9.17, 15) is 4.39 Å². The Morgan fingerprint density at radius 2 is 1.94 bits per heavy atom. The fourth-order valence-electron chi connectivity index (χ4n) is 1.57. The number of hydrogen-bond acceptors (Lipinski definition) is 2. The quantitative estimate of drug-likeness (QED) is 0.823. The minimum absolute atomic E-state index is 0.0314. The standard InChI is InChI=1S/C14H22FNO/c1-5-12-6-13(15)8-14(7-12)17-11(4)9-16-10(2)3/h6-8,10-11,16H,5,9H2,1-4H3/t11-/m0/s1. The van der Waals surface area contributed by atoms with Crippen LogP contribution < -0.4 is 10.1 Å². The minimum Gasteiger partial charge on any atom is -0.489 e. The number of nitrogens with one attached hydrogen (secondary N) is 1. The summed E-state index contributed by atoms with van der Waals surface area (Å²) >= 11 is 0. The molecule has 96 valence electrons. The number of halogens is 1. The molecule has 17 heavy (non-hydrogen) atoms. The van der Waals surface area contributed by atoms with Gasteiger partial charge >= 0.3 is 0 Å². The first-order valence-corrected chi connectivity index (χ1v) is 6.20. The smallest absolute Gasteiger partial charge is 0.127 e. The molecule has 0 saturated heterocycles. The minimum atomic E-state index is -0.233. The van der Waals surface area contributed by atoms with Crippen LogP contribution in [-0.2, 0) is 6.42 Å². The van der Waals surface area contributed by atoms with Crippen LogP contribution in [0.15, 0.2) is 18.2 Å². The molecule has 0 saturated carbocycles. The van der Waals surface area contributed by atoms with E-state index < -0.39 is 0 Å². The molecule has 0 bridgehead atoms. The second-order valence-corrected chi connectivity index (χ2v) is 4.64. The number of benzene rings is 1. The van der Waals surface area contributed by atoms with Crippen molar-refractivity contribution >= 4 is 0 Å². The molecule has 0 aliphatic heterocycles. The van der Waals surface area contributed by atoms with Crippen molar-refractivity contribution in [1.82, 2.24) is 5.32 Å². The number of hydrogen-bond donors (Lipinski definition) is 1. The molecular weight excluding hydrogens is 217 g/mol. The lowest BCUT2D eigenvalue weighted by Crippen LogP contribution is -2.33. The maximum atomic E-state index is 13.3. The van der Waals surface area contributed by atoms with Gasteiger partial charge in [-0.25, -0.2) is 4.39 Å². The van der Waals surface area contributed by atoms with Crippen LogP contribution in [0.2, 0.25) is 0 Å². The van der Waals surface area contributed by atoms with Crippen LogP contribution >= 0.6 is 0 Å². The predicted octanol–water partition coefficient (Wildman–Crippen LogP) is 3.15. The van der Waals surface area contributed by atoms with Gasteiger partial charge in [0.2, 0.25) is 0 Å². The number of ether oxygens (including phenoxy) is 1. The van der Waals surface area contributed by atoms with E-state index in [4.69, 9.17) is 4.74 Å². The average Bonchev–Trinajstić information content (AvgIpc) is 2.25.